The number of aliphatic hydroxyl groups is 1. The third-order valence-corrected chi connectivity index (χ3v) is 3.56. The highest BCUT2D eigenvalue weighted by Crippen LogP contribution is 2.11. The smallest absolute Gasteiger partial charge is 0.315 e. The predicted octanol–water partition coefficient (Wildman–Crippen LogP) is 2.16. The van der Waals surface area contributed by atoms with Crippen molar-refractivity contribution < 1.29 is 9.90 Å². The molecule has 0 radical (unpaired) electrons. The lowest BCUT2D eigenvalue weighted by Crippen LogP contribution is -2.44. The summed E-state index contributed by atoms with van der Waals surface area (Å²) < 4.78 is 0. The normalized spacial score (nSPS) is 13.6. The van der Waals surface area contributed by atoms with Crippen LogP contribution in [-0.4, -0.2) is 35.8 Å². The molecule has 2 atom stereocenters. The van der Waals surface area contributed by atoms with Gasteiger partial charge in [0.2, 0.25) is 0 Å². The maximum Gasteiger partial charge on any atom is 0.315 e. The predicted molar refractivity (Wildman–Crippen MR) is 80.4 cm³/mol. The van der Waals surface area contributed by atoms with E-state index in [-0.39, 0.29) is 24.7 Å². The highest BCUT2D eigenvalue weighted by Gasteiger charge is 2.13. The first kappa shape index (κ1) is 15.9. The van der Waals surface area contributed by atoms with Crippen LogP contribution in [0, 0.1) is 0 Å². The Labute approximate surface area is 119 Å². The van der Waals surface area contributed by atoms with Gasteiger partial charge in [-0.2, -0.15) is 11.8 Å². The maximum absolute atomic E-state index is 11.9. The van der Waals surface area contributed by atoms with E-state index in [9.17, 15) is 4.79 Å². The minimum Gasteiger partial charge on any atom is -0.396 e. The largest absolute Gasteiger partial charge is 0.396 e. The van der Waals surface area contributed by atoms with Crippen LogP contribution >= 0.6 is 11.8 Å². The van der Waals surface area contributed by atoms with Gasteiger partial charge in [0.05, 0.1) is 6.04 Å². The SMILES string of the molecule is CSCC(CCO)NC(=O)NC(C)c1ccccc1. The fourth-order valence-corrected chi connectivity index (χ4v) is 2.46. The van der Waals surface area contributed by atoms with Gasteiger partial charge >= 0.3 is 6.03 Å². The van der Waals surface area contributed by atoms with Crippen molar-refractivity contribution in [3.63, 3.8) is 0 Å². The number of carbonyl (C=O) groups is 1. The van der Waals surface area contributed by atoms with Crippen LogP contribution in [0.2, 0.25) is 0 Å². The topological polar surface area (TPSA) is 61.4 Å². The Kier molecular flexibility index (Phi) is 7.36. The molecule has 0 saturated carbocycles. The molecule has 1 aromatic carbocycles. The van der Waals surface area contributed by atoms with Crippen molar-refractivity contribution in [2.24, 2.45) is 0 Å². The van der Waals surface area contributed by atoms with Gasteiger partial charge in [-0.05, 0) is 25.2 Å². The van der Waals surface area contributed by atoms with E-state index >= 15 is 0 Å². The average molecular weight is 282 g/mol. The quantitative estimate of drug-likeness (QED) is 0.718. The van der Waals surface area contributed by atoms with Crippen molar-refractivity contribution in [2.45, 2.75) is 25.4 Å². The van der Waals surface area contributed by atoms with Gasteiger partial charge in [-0.15, -0.1) is 0 Å². The molecule has 0 aromatic heterocycles. The third kappa shape index (κ3) is 5.98. The molecule has 0 aliphatic carbocycles. The summed E-state index contributed by atoms with van der Waals surface area (Å²) in [5.41, 5.74) is 1.07. The van der Waals surface area contributed by atoms with Gasteiger partial charge in [-0.3, -0.25) is 0 Å². The minimum atomic E-state index is -0.191. The zero-order chi connectivity index (χ0) is 14.1. The Morgan fingerprint density at radius 3 is 2.58 bits per heavy atom. The van der Waals surface area contributed by atoms with Crippen LogP contribution in [0.15, 0.2) is 30.3 Å². The van der Waals surface area contributed by atoms with Crippen molar-refractivity contribution >= 4 is 17.8 Å². The number of hydrogen-bond acceptors (Lipinski definition) is 3. The summed E-state index contributed by atoms with van der Waals surface area (Å²) in [6.45, 7) is 2.03. The summed E-state index contributed by atoms with van der Waals surface area (Å²) in [6, 6.07) is 9.60. The summed E-state index contributed by atoms with van der Waals surface area (Å²) in [7, 11) is 0. The number of thioether (sulfide) groups is 1. The average Bonchev–Trinajstić information content (AvgIpc) is 2.40. The highest BCUT2D eigenvalue weighted by atomic mass is 32.2. The molecule has 1 aromatic rings. The van der Waals surface area contributed by atoms with Crippen LogP contribution in [-0.2, 0) is 0 Å². The van der Waals surface area contributed by atoms with Crippen molar-refractivity contribution in [3.8, 4) is 0 Å². The molecule has 0 saturated heterocycles. The zero-order valence-electron chi connectivity index (χ0n) is 11.4. The Hall–Kier alpha value is -1.20. The summed E-state index contributed by atoms with van der Waals surface area (Å²) >= 11 is 1.65. The molecule has 0 spiro atoms. The first-order valence-electron chi connectivity index (χ1n) is 6.39. The van der Waals surface area contributed by atoms with E-state index in [1.54, 1.807) is 11.8 Å². The molecule has 3 N–H and O–H groups in total. The van der Waals surface area contributed by atoms with Gasteiger partial charge in [0.15, 0.2) is 0 Å². The molecule has 0 fully saturated rings. The summed E-state index contributed by atoms with van der Waals surface area (Å²) in [6.07, 6.45) is 2.56. The second-order valence-corrected chi connectivity index (χ2v) is 5.33. The molecule has 106 valence electrons. The summed E-state index contributed by atoms with van der Waals surface area (Å²) in [4.78, 5) is 11.9. The van der Waals surface area contributed by atoms with Crippen LogP contribution in [0.5, 0.6) is 0 Å². The Morgan fingerprint density at radius 1 is 1.32 bits per heavy atom. The number of carbonyl (C=O) groups excluding carboxylic acids is 1. The molecule has 0 heterocycles. The Bertz CT molecular complexity index is 367. The van der Waals surface area contributed by atoms with Gasteiger partial charge in [-0.1, -0.05) is 30.3 Å². The van der Waals surface area contributed by atoms with Gasteiger partial charge < -0.3 is 15.7 Å². The lowest BCUT2D eigenvalue weighted by atomic mass is 10.1. The molecular weight excluding hydrogens is 260 g/mol. The fourth-order valence-electron chi connectivity index (χ4n) is 1.80. The minimum absolute atomic E-state index is 0.00275. The zero-order valence-corrected chi connectivity index (χ0v) is 12.2. The van der Waals surface area contributed by atoms with Crippen LogP contribution in [0.25, 0.3) is 0 Å². The molecule has 2 amide bonds. The van der Waals surface area contributed by atoms with E-state index in [4.69, 9.17) is 5.11 Å². The molecule has 4 nitrogen and oxygen atoms in total. The van der Waals surface area contributed by atoms with Crippen LogP contribution < -0.4 is 10.6 Å². The van der Waals surface area contributed by atoms with E-state index < -0.39 is 0 Å². The van der Waals surface area contributed by atoms with Crippen molar-refractivity contribution in [3.05, 3.63) is 35.9 Å². The number of hydrogen-bond donors (Lipinski definition) is 3. The fraction of sp³-hybridized carbons (Fsp3) is 0.500. The van der Waals surface area contributed by atoms with Gasteiger partial charge in [0.1, 0.15) is 0 Å². The molecule has 5 heteroatoms. The van der Waals surface area contributed by atoms with Crippen LogP contribution in [0.3, 0.4) is 0 Å². The number of amides is 2. The Morgan fingerprint density at radius 2 is 2.00 bits per heavy atom. The maximum atomic E-state index is 11.9. The van der Waals surface area contributed by atoms with Crippen LogP contribution in [0.4, 0.5) is 4.79 Å². The number of rotatable bonds is 7. The van der Waals surface area contributed by atoms with Crippen molar-refractivity contribution in [2.75, 3.05) is 18.6 Å². The lowest BCUT2D eigenvalue weighted by Gasteiger charge is -2.20. The van der Waals surface area contributed by atoms with E-state index in [2.05, 4.69) is 10.6 Å². The molecule has 0 aliphatic heterocycles. The first-order chi connectivity index (χ1) is 9.17. The summed E-state index contributed by atoms with van der Waals surface area (Å²) in [5.74, 6) is 0.799. The second-order valence-electron chi connectivity index (χ2n) is 4.41. The van der Waals surface area contributed by atoms with E-state index in [1.165, 1.54) is 0 Å². The van der Waals surface area contributed by atoms with Crippen molar-refractivity contribution in [1.29, 1.82) is 0 Å². The standard InChI is InChI=1S/C14H22N2O2S/c1-11(12-6-4-3-5-7-12)15-14(18)16-13(8-9-17)10-19-2/h3-7,11,13,17H,8-10H2,1-2H3,(H2,15,16,18). The van der Waals surface area contributed by atoms with Crippen molar-refractivity contribution in [1.82, 2.24) is 10.6 Å². The van der Waals surface area contributed by atoms with Gasteiger partial charge in [-0.25, -0.2) is 4.79 Å². The van der Waals surface area contributed by atoms with Gasteiger partial charge in [0.25, 0.3) is 0 Å². The third-order valence-electron chi connectivity index (χ3n) is 2.83. The highest BCUT2D eigenvalue weighted by molar-refractivity contribution is 7.98. The molecule has 1 rings (SSSR count). The summed E-state index contributed by atoms with van der Waals surface area (Å²) in [5, 5.41) is 14.7. The number of aliphatic hydroxyl groups excluding tert-OH is 1. The number of nitrogens with one attached hydrogen (secondary N) is 2. The molecule has 19 heavy (non-hydrogen) atoms. The second kappa shape index (κ2) is 8.82. The molecule has 0 bridgehead atoms. The molecular formula is C14H22N2O2S. The number of benzene rings is 1. The van der Waals surface area contributed by atoms with E-state index in [0.717, 1.165) is 11.3 Å². The number of urea groups is 1. The lowest BCUT2D eigenvalue weighted by molar-refractivity contribution is 0.229. The van der Waals surface area contributed by atoms with E-state index in [1.807, 2.05) is 43.5 Å². The molecule has 0 aliphatic rings. The Balaban J connectivity index is 2.45. The van der Waals surface area contributed by atoms with Crippen LogP contribution in [0.1, 0.15) is 24.9 Å². The first-order valence-corrected chi connectivity index (χ1v) is 7.78. The van der Waals surface area contributed by atoms with Gasteiger partial charge in [0, 0.05) is 18.4 Å². The molecule has 2 unspecified atom stereocenters. The monoisotopic (exact) mass is 282 g/mol. The van der Waals surface area contributed by atoms with E-state index in [0.29, 0.717) is 6.42 Å².